The van der Waals surface area contributed by atoms with Crippen LogP contribution in [-0.2, 0) is 0 Å². The van der Waals surface area contributed by atoms with Gasteiger partial charge in [-0.05, 0) is 5.56 Å². The number of oxime groups is 1. The second-order valence-corrected chi connectivity index (χ2v) is 3.46. The molecule has 0 aliphatic carbocycles. The second kappa shape index (κ2) is 6.63. The normalized spacial score (nSPS) is 13.4. The van der Waals surface area contributed by atoms with Crippen molar-refractivity contribution in [3.05, 3.63) is 48.6 Å². The molecule has 0 bridgehead atoms. The average molecular weight is 219 g/mol. The standard InChI is InChI=1S/C12H17N3O/c1-2-8-14-11(9-12(13)15-16)10-6-4-3-5-7-10/h2-7,11,14,16H,1,8-9H2,(H2,13,15). The van der Waals surface area contributed by atoms with E-state index in [1.54, 1.807) is 6.08 Å². The van der Waals surface area contributed by atoms with Gasteiger partial charge in [-0.25, -0.2) is 0 Å². The van der Waals surface area contributed by atoms with Gasteiger partial charge in [-0.15, -0.1) is 6.58 Å². The van der Waals surface area contributed by atoms with E-state index < -0.39 is 0 Å². The summed E-state index contributed by atoms with van der Waals surface area (Å²) < 4.78 is 0. The molecule has 0 aromatic heterocycles. The topological polar surface area (TPSA) is 70.6 Å². The number of rotatable bonds is 6. The Kier molecular flexibility index (Phi) is 5.08. The first-order chi connectivity index (χ1) is 7.77. The first-order valence-electron chi connectivity index (χ1n) is 5.13. The number of nitrogens with one attached hydrogen (secondary N) is 1. The zero-order valence-electron chi connectivity index (χ0n) is 9.13. The molecular weight excluding hydrogens is 202 g/mol. The molecule has 1 atom stereocenters. The van der Waals surface area contributed by atoms with Crippen molar-refractivity contribution in [1.29, 1.82) is 0 Å². The third-order valence-electron chi connectivity index (χ3n) is 2.25. The smallest absolute Gasteiger partial charge is 0.141 e. The fraction of sp³-hybridized carbons (Fsp3) is 0.250. The predicted octanol–water partition coefficient (Wildman–Crippen LogP) is 1.64. The maximum atomic E-state index is 8.57. The molecule has 4 heteroatoms. The van der Waals surface area contributed by atoms with Crippen molar-refractivity contribution in [3.8, 4) is 0 Å². The van der Waals surface area contributed by atoms with Crippen molar-refractivity contribution in [2.45, 2.75) is 12.5 Å². The van der Waals surface area contributed by atoms with E-state index in [0.717, 1.165) is 5.56 Å². The maximum absolute atomic E-state index is 8.57. The quantitative estimate of drug-likeness (QED) is 0.224. The molecule has 0 aliphatic rings. The molecule has 0 amide bonds. The van der Waals surface area contributed by atoms with E-state index in [2.05, 4.69) is 17.1 Å². The Hall–Kier alpha value is -1.81. The van der Waals surface area contributed by atoms with Crippen molar-refractivity contribution in [2.24, 2.45) is 10.9 Å². The van der Waals surface area contributed by atoms with E-state index in [0.29, 0.717) is 13.0 Å². The lowest BCUT2D eigenvalue weighted by molar-refractivity contribution is 0.315. The van der Waals surface area contributed by atoms with E-state index in [9.17, 15) is 0 Å². The summed E-state index contributed by atoms with van der Waals surface area (Å²) in [4.78, 5) is 0. The lowest BCUT2D eigenvalue weighted by Crippen LogP contribution is -2.27. The van der Waals surface area contributed by atoms with E-state index in [-0.39, 0.29) is 11.9 Å². The maximum Gasteiger partial charge on any atom is 0.141 e. The molecule has 1 aromatic carbocycles. The lowest BCUT2D eigenvalue weighted by atomic mass is 10.0. The molecule has 0 spiro atoms. The minimum atomic E-state index is 0.0371. The molecule has 1 rings (SSSR count). The minimum absolute atomic E-state index is 0.0371. The van der Waals surface area contributed by atoms with Crippen LogP contribution in [0.3, 0.4) is 0 Å². The number of benzene rings is 1. The van der Waals surface area contributed by atoms with Crippen LogP contribution in [0.2, 0.25) is 0 Å². The van der Waals surface area contributed by atoms with Gasteiger partial charge in [-0.1, -0.05) is 41.6 Å². The molecule has 0 saturated heterocycles. The van der Waals surface area contributed by atoms with Crippen LogP contribution < -0.4 is 11.1 Å². The number of nitrogens with two attached hydrogens (primary N) is 1. The number of hydrogen-bond acceptors (Lipinski definition) is 3. The molecule has 0 fully saturated rings. The molecule has 0 saturated carbocycles. The van der Waals surface area contributed by atoms with Crippen LogP contribution in [0.4, 0.5) is 0 Å². The molecule has 0 heterocycles. The largest absolute Gasteiger partial charge is 0.409 e. The fourth-order valence-electron chi connectivity index (χ4n) is 1.47. The molecule has 0 radical (unpaired) electrons. The summed E-state index contributed by atoms with van der Waals surface area (Å²) in [6.45, 7) is 4.33. The van der Waals surface area contributed by atoms with Crippen LogP contribution in [0.1, 0.15) is 18.0 Å². The van der Waals surface area contributed by atoms with Crippen molar-refractivity contribution in [3.63, 3.8) is 0 Å². The van der Waals surface area contributed by atoms with Crippen LogP contribution in [0.15, 0.2) is 48.1 Å². The lowest BCUT2D eigenvalue weighted by Gasteiger charge is -2.17. The fourth-order valence-corrected chi connectivity index (χ4v) is 1.47. The summed E-state index contributed by atoms with van der Waals surface area (Å²) in [5, 5.41) is 14.8. The zero-order valence-corrected chi connectivity index (χ0v) is 9.13. The molecule has 16 heavy (non-hydrogen) atoms. The van der Waals surface area contributed by atoms with Crippen LogP contribution >= 0.6 is 0 Å². The Morgan fingerprint density at radius 2 is 2.19 bits per heavy atom. The van der Waals surface area contributed by atoms with Crippen LogP contribution in [-0.4, -0.2) is 17.6 Å². The summed E-state index contributed by atoms with van der Waals surface area (Å²) in [6.07, 6.45) is 2.25. The van der Waals surface area contributed by atoms with E-state index in [4.69, 9.17) is 10.9 Å². The van der Waals surface area contributed by atoms with Gasteiger partial charge in [-0.2, -0.15) is 0 Å². The van der Waals surface area contributed by atoms with Crippen LogP contribution in [0, 0.1) is 0 Å². The van der Waals surface area contributed by atoms with Gasteiger partial charge in [0, 0.05) is 19.0 Å². The number of hydrogen-bond donors (Lipinski definition) is 3. The minimum Gasteiger partial charge on any atom is -0.409 e. The highest BCUT2D eigenvalue weighted by Crippen LogP contribution is 2.15. The Balaban J connectivity index is 2.74. The van der Waals surface area contributed by atoms with Gasteiger partial charge in [0.2, 0.25) is 0 Å². The SMILES string of the molecule is C=CCNC(CC(N)=NO)c1ccccc1. The third kappa shape index (κ3) is 3.74. The Morgan fingerprint density at radius 1 is 1.50 bits per heavy atom. The Morgan fingerprint density at radius 3 is 2.75 bits per heavy atom. The molecular formula is C12H17N3O. The first-order valence-corrected chi connectivity index (χ1v) is 5.13. The van der Waals surface area contributed by atoms with Crippen molar-refractivity contribution >= 4 is 5.84 Å². The van der Waals surface area contributed by atoms with Gasteiger partial charge in [0.25, 0.3) is 0 Å². The Labute approximate surface area is 95.5 Å². The highest BCUT2D eigenvalue weighted by atomic mass is 16.4. The van der Waals surface area contributed by atoms with Crippen LogP contribution in [0.25, 0.3) is 0 Å². The molecule has 1 aromatic rings. The van der Waals surface area contributed by atoms with Gasteiger partial charge in [-0.3, -0.25) is 0 Å². The summed E-state index contributed by atoms with van der Waals surface area (Å²) in [5.41, 5.74) is 6.62. The second-order valence-electron chi connectivity index (χ2n) is 3.46. The van der Waals surface area contributed by atoms with E-state index in [1.807, 2.05) is 30.3 Å². The Bertz CT molecular complexity index is 349. The monoisotopic (exact) mass is 219 g/mol. The van der Waals surface area contributed by atoms with Crippen molar-refractivity contribution < 1.29 is 5.21 Å². The number of amidine groups is 1. The highest BCUT2D eigenvalue weighted by molar-refractivity contribution is 5.80. The molecule has 86 valence electrons. The molecule has 4 N–H and O–H groups in total. The summed E-state index contributed by atoms with van der Waals surface area (Å²) in [5.74, 6) is 0.213. The average Bonchev–Trinajstić information content (AvgIpc) is 2.35. The van der Waals surface area contributed by atoms with Gasteiger partial charge in [0.15, 0.2) is 0 Å². The van der Waals surface area contributed by atoms with Crippen molar-refractivity contribution in [2.75, 3.05) is 6.54 Å². The third-order valence-corrected chi connectivity index (χ3v) is 2.25. The van der Waals surface area contributed by atoms with Crippen LogP contribution in [0.5, 0.6) is 0 Å². The summed E-state index contributed by atoms with van der Waals surface area (Å²) in [7, 11) is 0. The van der Waals surface area contributed by atoms with E-state index in [1.165, 1.54) is 0 Å². The zero-order chi connectivity index (χ0) is 11.8. The molecule has 4 nitrogen and oxygen atoms in total. The number of nitrogens with zero attached hydrogens (tertiary/aromatic N) is 1. The van der Waals surface area contributed by atoms with Crippen molar-refractivity contribution in [1.82, 2.24) is 5.32 Å². The van der Waals surface area contributed by atoms with Gasteiger partial charge in [0.05, 0.1) is 0 Å². The van der Waals surface area contributed by atoms with Gasteiger partial charge >= 0.3 is 0 Å². The summed E-state index contributed by atoms with van der Waals surface area (Å²) >= 11 is 0. The molecule has 0 aliphatic heterocycles. The first kappa shape index (κ1) is 12.3. The van der Waals surface area contributed by atoms with E-state index >= 15 is 0 Å². The van der Waals surface area contributed by atoms with Gasteiger partial charge in [0.1, 0.15) is 5.84 Å². The summed E-state index contributed by atoms with van der Waals surface area (Å²) in [6, 6.07) is 9.93. The predicted molar refractivity (Wildman–Crippen MR) is 65.4 cm³/mol. The van der Waals surface area contributed by atoms with Gasteiger partial charge < -0.3 is 16.3 Å². The highest BCUT2D eigenvalue weighted by Gasteiger charge is 2.11. The molecule has 1 unspecified atom stereocenters.